The number of hydrogen-bond acceptors (Lipinski definition) is 2. The fourth-order valence-electron chi connectivity index (χ4n) is 0.922. The Morgan fingerprint density at radius 2 is 2.54 bits per heavy atom. The molecule has 1 amide bonds. The lowest BCUT2D eigenvalue weighted by Gasteiger charge is -2.01. The van der Waals surface area contributed by atoms with E-state index >= 15 is 0 Å². The zero-order chi connectivity index (χ0) is 9.68. The average Bonchev–Trinajstić information content (AvgIpc) is 2.48. The van der Waals surface area contributed by atoms with Gasteiger partial charge in [0.25, 0.3) is 0 Å². The van der Waals surface area contributed by atoms with Gasteiger partial charge in [-0.3, -0.25) is 9.89 Å². The third-order valence-corrected chi connectivity index (χ3v) is 1.92. The zero-order valence-corrected chi connectivity index (χ0v) is 8.19. The van der Waals surface area contributed by atoms with Gasteiger partial charge in [0.15, 0.2) is 0 Å². The number of alkyl halides is 1. The fourth-order valence-corrected chi connectivity index (χ4v) is 1.09. The van der Waals surface area contributed by atoms with Crippen molar-refractivity contribution < 1.29 is 4.79 Å². The first-order chi connectivity index (χ1) is 6.24. The molecule has 0 atom stereocenters. The topological polar surface area (TPSA) is 57.8 Å². The van der Waals surface area contributed by atoms with Crippen LogP contribution in [0.25, 0.3) is 0 Å². The third kappa shape index (κ3) is 3.06. The number of amides is 1. The molecule has 0 spiro atoms. The van der Waals surface area contributed by atoms with Gasteiger partial charge in [0, 0.05) is 30.1 Å². The molecule has 0 aliphatic carbocycles. The number of aromatic nitrogens is 2. The number of nitrogens with zero attached hydrogens (tertiary/aromatic N) is 1. The molecule has 1 heterocycles. The van der Waals surface area contributed by atoms with E-state index in [1.54, 1.807) is 6.20 Å². The van der Waals surface area contributed by atoms with Crippen molar-refractivity contribution in [3.63, 3.8) is 0 Å². The van der Waals surface area contributed by atoms with Gasteiger partial charge in [-0.15, -0.1) is 11.6 Å². The van der Waals surface area contributed by atoms with Crippen molar-refractivity contribution in [2.24, 2.45) is 0 Å². The molecule has 0 saturated heterocycles. The van der Waals surface area contributed by atoms with E-state index < -0.39 is 0 Å². The lowest BCUT2D eigenvalue weighted by Crippen LogP contribution is -2.22. The summed E-state index contributed by atoms with van der Waals surface area (Å²) in [7, 11) is 0. The van der Waals surface area contributed by atoms with Gasteiger partial charge in [-0.1, -0.05) is 0 Å². The summed E-state index contributed by atoms with van der Waals surface area (Å²) in [6.07, 6.45) is 2.06. The Morgan fingerprint density at radius 1 is 1.77 bits per heavy atom. The van der Waals surface area contributed by atoms with Gasteiger partial charge >= 0.3 is 0 Å². The summed E-state index contributed by atoms with van der Waals surface area (Å²) in [5, 5.41) is 9.38. The lowest BCUT2D eigenvalue weighted by molar-refractivity contribution is -0.120. The Balaban J connectivity index is 2.35. The zero-order valence-electron chi connectivity index (χ0n) is 7.43. The SMILES string of the molecule is Cc1[nH]ncc1CNC(=O)CCCl. The Kier molecular flexibility index (Phi) is 3.76. The van der Waals surface area contributed by atoms with Crippen LogP contribution >= 0.6 is 11.6 Å². The van der Waals surface area contributed by atoms with Gasteiger partial charge in [0.05, 0.1) is 6.20 Å². The first-order valence-corrected chi connectivity index (χ1v) is 4.59. The van der Waals surface area contributed by atoms with Crippen molar-refractivity contribution in [1.82, 2.24) is 15.5 Å². The van der Waals surface area contributed by atoms with E-state index in [2.05, 4.69) is 15.5 Å². The number of hydrogen-bond donors (Lipinski definition) is 2. The number of H-pyrrole nitrogens is 1. The minimum absolute atomic E-state index is 0.0319. The molecule has 13 heavy (non-hydrogen) atoms. The van der Waals surface area contributed by atoms with Gasteiger partial charge in [-0.25, -0.2) is 0 Å². The summed E-state index contributed by atoms with van der Waals surface area (Å²) in [5.41, 5.74) is 1.98. The molecule has 5 heteroatoms. The maximum absolute atomic E-state index is 11.0. The highest BCUT2D eigenvalue weighted by Crippen LogP contribution is 2.01. The van der Waals surface area contributed by atoms with E-state index in [1.807, 2.05) is 6.92 Å². The summed E-state index contributed by atoms with van der Waals surface area (Å²) >= 11 is 5.41. The molecule has 1 aromatic heterocycles. The Labute approximate surface area is 81.7 Å². The van der Waals surface area contributed by atoms with Gasteiger partial charge in [0.2, 0.25) is 5.91 Å². The molecular formula is C8H12ClN3O. The predicted molar refractivity (Wildman–Crippen MR) is 50.5 cm³/mol. The van der Waals surface area contributed by atoms with Crippen LogP contribution in [0.2, 0.25) is 0 Å². The summed E-state index contributed by atoms with van der Waals surface area (Å²) < 4.78 is 0. The Morgan fingerprint density at radius 3 is 3.08 bits per heavy atom. The highest BCUT2D eigenvalue weighted by atomic mass is 35.5. The largest absolute Gasteiger partial charge is 0.352 e. The molecule has 2 N–H and O–H groups in total. The van der Waals surface area contributed by atoms with Crippen LogP contribution in [0.4, 0.5) is 0 Å². The summed E-state index contributed by atoms with van der Waals surface area (Å²) in [6, 6.07) is 0. The molecule has 0 radical (unpaired) electrons. The molecule has 0 unspecified atom stereocenters. The maximum Gasteiger partial charge on any atom is 0.221 e. The van der Waals surface area contributed by atoms with E-state index in [9.17, 15) is 4.79 Å². The highest BCUT2D eigenvalue weighted by molar-refractivity contribution is 6.18. The van der Waals surface area contributed by atoms with Crippen molar-refractivity contribution in [3.8, 4) is 0 Å². The maximum atomic E-state index is 11.0. The van der Waals surface area contributed by atoms with Crippen LogP contribution in [0, 0.1) is 6.92 Å². The normalized spacial score (nSPS) is 10.0. The number of nitrogens with one attached hydrogen (secondary N) is 2. The molecule has 1 aromatic rings. The number of halogens is 1. The van der Waals surface area contributed by atoms with Gasteiger partial charge in [-0.05, 0) is 6.92 Å². The van der Waals surface area contributed by atoms with Crippen LogP contribution < -0.4 is 5.32 Å². The lowest BCUT2D eigenvalue weighted by atomic mass is 10.2. The van der Waals surface area contributed by atoms with Crippen molar-refractivity contribution in [2.45, 2.75) is 19.9 Å². The second-order valence-electron chi connectivity index (χ2n) is 2.74. The number of carbonyl (C=O) groups excluding carboxylic acids is 1. The van der Waals surface area contributed by atoms with Crippen molar-refractivity contribution >= 4 is 17.5 Å². The summed E-state index contributed by atoms with van der Waals surface area (Å²) in [4.78, 5) is 11.0. The van der Waals surface area contributed by atoms with Crippen LogP contribution in [0.5, 0.6) is 0 Å². The number of aryl methyl sites for hydroxylation is 1. The summed E-state index contributed by atoms with van der Waals surface area (Å²) in [6.45, 7) is 2.42. The summed E-state index contributed by atoms with van der Waals surface area (Å²) in [5.74, 6) is 0.325. The fraction of sp³-hybridized carbons (Fsp3) is 0.500. The number of rotatable bonds is 4. The van der Waals surface area contributed by atoms with Gasteiger partial charge in [0.1, 0.15) is 0 Å². The standard InChI is InChI=1S/C8H12ClN3O/c1-6-7(5-11-12-6)4-10-8(13)2-3-9/h5H,2-4H2,1H3,(H,10,13)(H,11,12). The molecule has 72 valence electrons. The second kappa shape index (κ2) is 4.87. The molecule has 0 saturated carbocycles. The van der Waals surface area contributed by atoms with E-state index in [0.717, 1.165) is 11.3 Å². The molecule has 0 fully saturated rings. The monoisotopic (exact) mass is 201 g/mol. The molecular weight excluding hydrogens is 190 g/mol. The van der Waals surface area contributed by atoms with Crippen LogP contribution in [-0.2, 0) is 11.3 Å². The second-order valence-corrected chi connectivity index (χ2v) is 3.11. The molecule has 0 bridgehead atoms. The Hall–Kier alpha value is -1.03. The van der Waals surface area contributed by atoms with Crippen LogP contribution in [0.15, 0.2) is 6.20 Å². The highest BCUT2D eigenvalue weighted by Gasteiger charge is 2.02. The van der Waals surface area contributed by atoms with Crippen molar-refractivity contribution in [1.29, 1.82) is 0 Å². The first-order valence-electron chi connectivity index (χ1n) is 4.05. The minimum Gasteiger partial charge on any atom is -0.352 e. The van der Waals surface area contributed by atoms with Gasteiger partial charge in [-0.2, -0.15) is 5.10 Å². The van der Waals surface area contributed by atoms with Crippen LogP contribution in [0.3, 0.4) is 0 Å². The third-order valence-electron chi connectivity index (χ3n) is 1.73. The van der Waals surface area contributed by atoms with E-state index in [-0.39, 0.29) is 5.91 Å². The minimum atomic E-state index is -0.0319. The Bertz CT molecular complexity index is 285. The molecule has 1 rings (SSSR count). The smallest absolute Gasteiger partial charge is 0.221 e. The number of aromatic amines is 1. The predicted octanol–water partition coefficient (Wildman–Crippen LogP) is 0.963. The molecule has 0 aliphatic heterocycles. The van der Waals surface area contributed by atoms with E-state index in [4.69, 9.17) is 11.6 Å². The van der Waals surface area contributed by atoms with Crippen molar-refractivity contribution in [3.05, 3.63) is 17.5 Å². The molecule has 0 aliphatic rings. The van der Waals surface area contributed by atoms with Crippen LogP contribution in [-0.4, -0.2) is 22.0 Å². The first kappa shape index (κ1) is 10.1. The van der Waals surface area contributed by atoms with E-state index in [1.165, 1.54) is 0 Å². The molecule has 4 nitrogen and oxygen atoms in total. The van der Waals surface area contributed by atoms with E-state index in [0.29, 0.717) is 18.8 Å². The van der Waals surface area contributed by atoms with Crippen molar-refractivity contribution in [2.75, 3.05) is 5.88 Å². The van der Waals surface area contributed by atoms with Gasteiger partial charge < -0.3 is 5.32 Å². The van der Waals surface area contributed by atoms with Crippen LogP contribution in [0.1, 0.15) is 17.7 Å². The number of carbonyl (C=O) groups is 1. The average molecular weight is 202 g/mol. The quantitative estimate of drug-likeness (QED) is 0.714. The molecule has 0 aromatic carbocycles.